The minimum atomic E-state index is -3.82. The van der Waals surface area contributed by atoms with Crippen LogP contribution >= 0.6 is 0 Å². The molecule has 9 heteroatoms. The standard InChI is InChI=1S/C7H9N3O5Si/c1-2-14-3-4-15-16(8-5-11,9-6-12)10-7-13/h2-4H2,1H3. The molecular weight excluding hydrogens is 234 g/mol. The Morgan fingerprint density at radius 2 is 1.50 bits per heavy atom. The molecule has 86 valence electrons. The summed E-state index contributed by atoms with van der Waals surface area (Å²) in [6.07, 6.45) is 3.43. The number of hydrogen-bond acceptors (Lipinski definition) is 8. The third-order valence-corrected chi connectivity index (χ3v) is 3.04. The van der Waals surface area contributed by atoms with Gasteiger partial charge in [-0.2, -0.15) is 14.0 Å². The number of hydrogen-bond donors (Lipinski definition) is 0. The van der Waals surface area contributed by atoms with Gasteiger partial charge in [0.25, 0.3) is 0 Å². The smallest absolute Gasteiger partial charge is 0.379 e. The topological polar surface area (TPSA) is 107 Å². The first-order valence-corrected chi connectivity index (χ1v) is 5.98. The van der Waals surface area contributed by atoms with E-state index in [1.54, 1.807) is 6.92 Å². The van der Waals surface area contributed by atoms with Crippen LogP contribution in [0.5, 0.6) is 0 Å². The Hall–Kier alpha value is -1.72. The summed E-state index contributed by atoms with van der Waals surface area (Å²) in [7, 11) is -3.82. The Morgan fingerprint density at radius 3 is 1.88 bits per heavy atom. The van der Waals surface area contributed by atoms with E-state index in [9.17, 15) is 14.4 Å². The molecule has 8 nitrogen and oxygen atoms in total. The minimum Gasteiger partial charge on any atom is -0.379 e. The summed E-state index contributed by atoms with van der Waals surface area (Å²) in [6.45, 7) is 2.44. The van der Waals surface area contributed by atoms with Gasteiger partial charge in [0.05, 0.1) is 13.2 Å². The maximum absolute atomic E-state index is 10.1. The summed E-state index contributed by atoms with van der Waals surface area (Å²) < 4.78 is 19.3. The summed E-state index contributed by atoms with van der Waals surface area (Å²) >= 11 is 0. The van der Waals surface area contributed by atoms with E-state index in [1.165, 1.54) is 0 Å². The van der Waals surface area contributed by atoms with Crippen molar-refractivity contribution in [3.63, 3.8) is 0 Å². The van der Waals surface area contributed by atoms with Crippen molar-refractivity contribution in [1.82, 2.24) is 0 Å². The lowest BCUT2D eigenvalue weighted by Gasteiger charge is -2.11. The lowest BCUT2D eigenvalue weighted by molar-refractivity contribution is 0.106. The second-order valence-corrected chi connectivity index (χ2v) is 4.34. The Bertz CT molecular complexity index is 309. The maximum atomic E-state index is 10.1. The zero-order chi connectivity index (χ0) is 12.3. The predicted molar refractivity (Wildman–Crippen MR) is 52.6 cm³/mol. The first kappa shape index (κ1) is 14.3. The van der Waals surface area contributed by atoms with E-state index in [2.05, 4.69) is 14.0 Å². The highest BCUT2D eigenvalue weighted by Gasteiger charge is 2.40. The zero-order valence-electron chi connectivity index (χ0n) is 8.50. The van der Waals surface area contributed by atoms with Gasteiger partial charge >= 0.3 is 8.80 Å². The molecule has 0 spiro atoms. The molecule has 0 fully saturated rings. The highest BCUT2D eigenvalue weighted by atomic mass is 28.4. The molecule has 0 amide bonds. The fourth-order valence-corrected chi connectivity index (χ4v) is 1.79. The van der Waals surface area contributed by atoms with Crippen LogP contribution in [-0.4, -0.2) is 46.9 Å². The summed E-state index contributed by atoms with van der Waals surface area (Å²) in [6, 6.07) is 0. The van der Waals surface area contributed by atoms with Crippen LogP contribution in [-0.2, 0) is 23.5 Å². The molecule has 0 bridgehead atoms. The van der Waals surface area contributed by atoms with Crippen molar-refractivity contribution in [1.29, 1.82) is 0 Å². The highest BCUT2D eigenvalue weighted by Crippen LogP contribution is 2.08. The normalized spacial score (nSPS) is 12.6. The van der Waals surface area contributed by atoms with E-state index in [4.69, 9.17) is 9.16 Å². The third kappa shape index (κ3) is 5.23. The number of isocyanates is 3. The average molecular weight is 243 g/mol. The molecule has 0 aromatic rings. The summed E-state index contributed by atoms with van der Waals surface area (Å²) in [4.78, 5) is 30.3. The molecule has 0 aliphatic rings. The lowest BCUT2D eigenvalue weighted by Crippen LogP contribution is -2.34. The van der Waals surface area contributed by atoms with Crippen molar-refractivity contribution in [2.24, 2.45) is 14.0 Å². The van der Waals surface area contributed by atoms with Crippen molar-refractivity contribution < 1.29 is 23.5 Å². The van der Waals surface area contributed by atoms with Gasteiger partial charge in [0, 0.05) is 6.61 Å². The molecule has 0 unspecified atom stereocenters. The lowest BCUT2D eigenvalue weighted by atomic mass is 10.8. The van der Waals surface area contributed by atoms with Crippen LogP contribution in [0.4, 0.5) is 0 Å². The monoisotopic (exact) mass is 243 g/mol. The fourth-order valence-electron chi connectivity index (χ4n) is 0.732. The van der Waals surface area contributed by atoms with E-state index < -0.39 is 8.80 Å². The van der Waals surface area contributed by atoms with Gasteiger partial charge in [-0.25, -0.2) is 14.4 Å². The van der Waals surface area contributed by atoms with Gasteiger partial charge in [-0.3, -0.25) is 0 Å². The third-order valence-electron chi connectivity index (χ3n) is 1.30. The molecule has 0 radical (unpaired) electrons. The van der Waals surface area contributed by atoms with Gasteiger partial charge in [-0.1, -0.05) is 0 Å². The van der Waals surface area contributed by atoms with Gasteiger partial charge < -0.3 is 9.16 Å². The molecule has 0 saturated heterocycles. The second-order valence-electron chi connectivity index (χ2n) is 2.23. The Balaban J connectivity index is 4.68. The van der Waals surface area contributed by atoms with Crippen LogP contribution in [0, 0.1) is 0 Å². The highest BCUT2D eigenvalue weighted by molar-refractivity contribution is 6.70. The van der Waals surface area contributed by atoms with E-state index in [0.29, 0.717) is 6.61 Å². The fraction of sp³-hybridized carbons (Fsp3) is 0.571. The van der Waals surface area contributed by atoms with Crippen LogP contribution in [0.1, 0.15) is 6.92 Å². The van der Waals surface area contributed by atoms with Crippen molar-refractivity contribution >= 4 is 27.0 Å². The van der Waals surface area contributed by atoms with Crippen molar-refractivity contribution in [2.75, 3.05) is 19.8 Å². The molecule has 0 heterocycles. The van der Waals surface area contributed by atoms with Gasteiger partial charge in [0.2, 0.25) is 18.2 Å². The minimum absolute atomic E-state index is 0.0123. The molecule has 0 aromatic heterocycles. The first-order valence-electron chi connectivity index (χ1n) is 4.23. The molecule has 0 aliphatic carbocycles. The Kier molecular flexibility index (Phi) is 7.65. The van der Waals surface area contributed by atoms with E-state index >= 15 is 0 Å². The van der Waals surface area contributed by atoms with Crippen molar-refractivity contribution in [3.8, 4) is 0 Å². The molecule has 0 aromatic carbocycles. The van der Waals surface area contributed by atoms with Crippen molar-refractivity contribution in [2.45, 2.75) is 6.92 Å². The van der Waals surface area contributed by atoms with Crippen LogP contribution < -0.4 is 0 Å². The van der Waals surface area contributed by atoms with E-state index in [-0.39, 0.29) is 13.2 Å². The predicted octanol–water partition coefficient (Wildman–Crippen LogP) is -0.518. The van der Waals surface area contributed by atoms with Crippen LogP contribution in [0.25, 0.3) is 0 Å². The average Bonchev–Trinajstić information content (AvgIpc) is 2.26. The number of carbonyl (C=O) groups excluding carboxylic acids is 3. The van der Waals surface area contributed by atoms with Gasteiger partial charge in [0.15, 0.2) is 0 Å². The quantitative estimate of drug-likeness (QED) is 0.247. The molecular formula is C7H9N3O5Si. The summed E-state index contributed by atoms with van der Waals surface area (Å²) in [5.41, 5.74) is 0. The largest absolute Gasteiger partial charge is 0.634 e. The summed E-state index contributed by atoms with van der Waals surface area (Å²) in [5, 5.41) is 0. The van der Waals surface area contributed by atoms with Crippen LogP contribution in [0.3, 0.4) is 0 Å². The molecule has 0 aliphatic heterocycles. The Labute approximate surface area is 92.1 Å². The maximum Gasteiger partial charge on any atom is 0.634 e. The molecule has 16 heavy (non-hydrogen) atoms. The number of nitrogens with zero attached hydrogens (tertiary/aromatic N) is 3. The molecule has 0 saturated carbocycles. The molecule has 0 N–H and O–H groups in total. The van der Waals surface area contributed by atoms with E-state index in [0.717, 1.165) is 18.2 Å². The van der Waals surface area contributed by atoms with Crippen molar-refractivity contribution in [3.05, 3.63) is 0 Å². The molecule has 0 rings (SSSR count). The second kappa shape index (κ2) is 8.57. The SMILES string of the molecule is CCOCCO[Si](N=C=O)(N=C=O)N=C=O. The van der Waals surface area contributed by atoms with Gasteiger partial charge in [-0.05, 0) is 6.92 Å². The summed E-state index contributed by atoms with van der Waals surface area (Å²) in [5.74, 6) is 0. The Morgan fingerprint density at radius 1 is 1.00 bits per heavy atom. The zero-order valence-corrected chi connectivity index (χ0v) is 9.50. The molecule has 0 atom stereocenters. The van der Waals surface area contributed by atoms with E-state index in [1.807, 2.05) is 0 Å². The van der Waals surface area contributed by atoms with Crippen LogP contribution in [0.2, 0.25) is 0 Å². The first-order chi connectivity index (χ1) is 7.74. The number of ether oxygens (including phenoxy) is 1. The van der Waals surface area contributed by atoms with Crippen LogP contribution in [0.15, 0.2) is 14.0 Å². The number of rotatable bonds is 8. The van der Waals surface area contributed by atoms with Gasteiger partial charge in [0.1, 0.15) is 0 Å². The van der Waals surface area contributed by atoms with Gasteiger partial charge in [-0.15, -0.1) is 0 Å².